The van der Waals surface area contributed by atoms with Gasteiger partial charge in [-0.05, 0) is 98.3 Å². The summed E-state index contributed by atoms with van der Waals surface area (Å²) in [7, 11) is 0. The third kappa shape index (κ3) is 4.81. The summed E-state index contributed by atoms with van der Waals surface area (Å²) < 4.78 is 11.9. The average Bonchev–Trinajstić information content (AvgIpc) is 2.81. The number of nitrogens with one attached hydrogen (secondary N) is 1. The maximum atomic E-state index is 13.0. The van der Waals surface area contributed by atoms with Crippen LogP contribution in [0, 0.1) is 11.3 Å². The van der Waals surface area contributed by atoms with Crippen LogP contribution in [-0.2, 0) is 11.2 Å². The van der Waals surface area contributed by atoms with Crippen molar-refractivity contribution in [2.45, 2.75) is 71.6 Å². The first-order chi connectivity index (χ1) is 16.3. The highest BCUT2D eigenvalue weighted by Crippen LogP contribution is 2.44. The van der Waals surface area contributed by atoms with E-state index >= 15 is 0 Å². The highest BCUT2D eigenvalue weighted by Gasteiger charge is 2.40. The van der Waals surface area contributed by atoms with Crippen LogP contribution in [-0.4, -0.2) is 42.8 Å². The Morgan fingerprint density at radius 2 is 1.85 bits per heavy atom. The molecule has 34 heavy (non-hydrogen) atoms. The van der Waals surface area contributed by atoms with Crippen LogP contribution < -0.4 is 10.1 Å². The predicted octanol–water partition coefficient (Wildman–Crippen LogP) is 5.97. The number of carbonyl (C=O) groups excluding carboxylic acids is 1. The molecule has 3 heterocycles. The molecular formula is C29H38N2O3. The molecule has 0 unspecified atom stereocenters. The molecule has 2 aromatic carbocycles. The van der Waals surface area contributed by atoms with Gasteiger partial charge in [-0.3, -0.25) is 4.90 Å². The largest absolute Gasteiger partial charge is 0.491 e. The smallest absolute Gasteiger partial charge is 0.407 e. The van der Waals surface area contributed by atoms with E-state index in [9.17, 15) is 4.79 Å². The van der Waals surface area contributed by atoms with Crippen LogP contribution in [0.25, 0.3) is 11.1 Å². The maximum absolute atomic E-state index is 13.0. The van der Waals surface area contributed by atoms with Crippen molar-refractivity contribution < 1.29 is 14.3 Å². The van der Waals surface area contributed by atoms with Gasteiger partial charge in [0.05, 0.1) is 12.1 Å². The van der Waals surface area contributed by atoms with Crippen LogP contribution in [0.4, 0.5) is 4.79 Å². The quantitative estimate of drug-likeness (QED) is 0.594. The van der Waals surface area contributed by atoms with E-state index in [0.29, 0.717) is 5.92 Å². The van der Waals surface area contributed by atoms with Crippen molar-refractivity contribution in [3.8, 4) is 16.9 Å². The summed E-state index contributed by atoms with van der Waals surface area (Å²) in [6.07, 6.45) is 4.21. The molecule has 0 radical (unpaired) electrons. The van der Waals surface area contributed by atoms with E-state index in [2.05, 4.69) is 54.4 Å². The molecule has 2 atom stereocenters. The summed E-state index contributed by atoms with van der Waals surface area (Å²) in [5.41, 5.74) is 4.81. The number of piperidine rings is 3. The molecule has 1 aliphatic carbocycles. The second kappa shape index (κ2) is 9.26. The lowest BCUT2D eigenvalue weighted by molar-refractivity contribution is -0.0353. The van der Waals surface area contributed by atoms with E-state index in [-0.39, 0.29) is 29.8 Å². The fourth-order valence-electron chi connectivity index (χ4n) is 5.93. The number of amides is 1. The number of benzene rings is 2. The van der Waals surface area contributed by atoms with E-state index < -0.39 is 0 Å². The highest BCUT2D eigenvalue weighted by molar-refractivity contribution is 5.70. The molecule has 5 heteroatoms. The Kier molecular flexibility index (Phi) is 6.32. The van der Waals surface area contributed by atoms with Crippen molar-refractivity contribution in [1.82, 2.24) is 10.2 Å². The van der Waals surface area contributed by atoms with Gasteiger partial charge in [0, 0.05) is 6.54 Å². The molecule has 2 bridgehead atoms. The van der Waals surface area contributed by atoms with Crippen LogP contribution in [0.15, 0.2) is 42.5 Å². The topological polar surface area (TPSA) is 50.8 Å². The lowest BCUT2D eigenvalue weighted by atomic mass is 9.70. The first-order valence-corrected chi connectivity index (χ1v) is 12.9. The fourth-order valence-corrected chi connectivity index (χ4v) is 5.93. The SMILES string of the molecule is CC(C)Oc1cccc(-c2ccc3c(c2)CCC(C)(C)[C@H]3NC(=O)O[C@@H]2CN3CCC2CC3)c1. The zero-order valence-electron chi connectivity index (χ0n) is 21.0. The Bertz CT molecular complexity index is 1040. The minimum atomic E-state index is -0.271. The standard InChI is InChI=1S/C29H38N2O3/c1-19(2)33-24-7-5-6-21(17-24)22-8-9-25-23(16-22)10-13-29(3,4)27(25)30-28(32)34-26-18-31-14-11-20(26)12-15-31/h5-9,16-17,19-20,26-27H,10-15,18H2,1-4H3,(H,30,32)/t26-,27+/m1/s1. The van der Waals surface area contributed by atoms with E-state index in [4.69, 9.17) is 9.47 Å². The fraction of sp³-hybridized carbons (Fsp3) is 0.552. The molecule has 5 nitrogen and oxygen atoms in total. The van der Waals surface area contributed by atoms with Crippen molar-refractivity contribution in [1.29, 1.82) is 0 Å². The number of rotatable bonds is 5. The monoisotopic (exact) mass is 462 g/mol. The number of carbonyl (C=O) groups is 1. The summed E-state index contributed by atoms with van der Waals surface area (Å²) in [6.45, 7) is 11.7. The molecule has 1 amide bonds. The van der Waals surface area contributed by atoms with Gasteiger partial charge in [0.15, 0.2) is 0 Å². The number of alkyl carbamates (subject to hydrolysis) is 1. The molecule has 2 aromatic rings. The van der Waals surface area contributed by atoms with Gasteiger partial charge in [-0.15, -0.1) is 0 Å². The lowest BCUT2D eigenvalue weighted by Crippen LogP contribution is -2.53. The molecule has 3 aliphatic heterocycles. The van der Waals surface area contributed by atoms with Crippen LogP contribution in [0.3, 0.4) is 0 Å². The summed E-state index contributed by atoms with van der Waals surface area (Å²) in [6, 6.07) is 14.9. The second-order valence-electron chi connectivity index (χ2n) is 11.3. The molecule has 4 aliphatic rings. The van der Waals surface area contributed by atoms with Gasteiger partial charge in [-0.2, -0.15) is 0 Å². The van der Waals surface area contributed by atoms with Gasteiger partial charge >= 0.3 is 6.09 Å². The van der Waals surface area contributed by atoms with E-state index in [1.807, 2.05) is 26.0 Å². The minimum Gasteiger partial charge on any atom is -0.491 e. The van der Waals surface area contributed by atoms with Gasteiger partial charge in [0.1, 0.15) is 11.9 Å². The molecule has 0 saturated carbocycles. The first kappa shape index (κ1) is 23.2. The number of hydrogen-bond acceptors (Lipinski definition) is 4. The van der Waals surface area contributed by atoms with E-state index in [1.165, 1.54) is 16.7 Å². The second-order valence-corrected chi connectivity index (χ2v) is 11.3. The Labute approximate surface area is 203 Å². The van der Waals surface area contributed by atoms with Crippen LogP contribution in [0.2, 0.25) is 0 Å². The first-order valence-electron chi connectivity index (χ1n) is 12.9. The summed E-state index contributed by atoms with van der Waals surface area (Å²) in [5.74, 6) is 1.40. The Morgan fingerprint density at radius 1 is 1.09 bits per heavy atom. The number of ether oxygens (including phenoxy) is 2. The summed E-state index contributed by atoms with van der Waals surface area (Å²) in [4.78, 5) is 15.4. The number of aryl methyl sites for hydroxylation is 1. The molecule has 6 rings (SSSR count). The Morgan fingerprint density at radius 3 is 2.56 bits per heavy atom. The molecule has 182 valence electrons. The van der Waals surface area contributed by atoms with Crippen LogP contribution >= 0.6 is 0 Å². The van der Waals surface area contributed by atoms with Gasteiger partial charge in [0.25, 0.3) is 0 Å². The molecule has 3 fully saturated rings. The van der Waals surface area contributed by atoms with Crippen molar-refractivity contribution in [3.63, 3.8) is 0 Å². The van der Waals surface area contributed by atoms with Crippen molar-refractivity contribution in [2.75, 3.05) is 19.6 Å². The molecule has 3 saturated heterocycles. The van der Waals surface area contributed by atoms with Crippen LogP contribution in [0.1, 0.15) is 64.1 Å². The van der Waals surface area contributed by atoms with Crippen molar-refractivity contribution >= 4 is 6.09 Å². The molecule has 0 spiro atoms. The molecule has 0 aromatic heterocycles. The van der Waals surface area contributed by atoms with Crippen LogP contribution in [0.5, 0.6) is 5.75 Å². The Hall–Kier alpha value is -2.53. The van der Waals surface area contributed by atoms with E-state index in [1.54, 1.807) is 0 Å². The van der Waals surface area contributed by atoms with Crippen molar-refractivity contribution in [3.05, 3.63) is 53.6 Å². The molecule has 1 N–H and O–H groups in total. The highest BCUT2D eigenvalue weighted by atomic mass is 16.6. The third-order valence-corrected chi connectivity index (χ3v) is 7.93. The zero-order valence-corrected chi connectivity index (χ0v) is 21.0. The van der Waals surface area contributed by atoms with Crippen molar-refractivity contribution in [2.24, 2.45) is 11.3 Å². The average molecular weight is 463 g/mol. The maximum Gasteiger partial charge on any atom is 0.407 e. The van der Waals surface area contributed by atoms with Gasteiger partial charge in [0.2, 0.25) is 0 Å². The zero-order chi connectivity index (χ0) is 23.9. The van der Waals surface area contributed by atoms with E-state index in [0.717, 1.165) is 56.6 Å². The third-order valence-electron chi connectivity index (χ3n) is 7.93. The van der Waals surface area contributed by atoms with Gasteiger partial charge in [-0.25, -0.2) is 4.79 Å². The minimum absolute atomic E-state index is 0.0244. The normalized spacial score (nSPS) is 27.2. The lowest BCUT2D eigenvalue weighted by Gasteiger charge is -2.44. The predicted molar refractivity (Wildman–Crippen MR) is 135 cm³/mol. The summed E-state index contributed by atoms with van der Waals surface area (Å²) >= 11 is 0. The summed E-state index contributed by atoms with van der Waals surface area (Å²) in [5, 5.41) is 3.26. The van der Waals surface area contributed by atoms with Gasteiger partial charge in [-0.1, -0.05) is 44.2 Å². The molecular weight excluding hydrogens is 424 g/mol. The number of fused-ring (bicyclic) bond motifs is 4. The van der Waals surface area contributed by atoms with Gasteiger partial charge < -0.3 is 14.8 Å². The number of hydrogen-bond donors (Lipinski definition) is 1. The number of nitrogens with zero attached hydrogens (tertiary/aromatic N) is 1. The Balaban J connectivity index is 1.34.